The van der Waals surface area contributed by atoms with Crippen LogP contribution in [-0.2, 0) is 0 Å². The zero-order valence-corrected chi connectivity index (χ0v) is 10.6. The molecule has 14 heavy (non-hydrogen) atoms. The molecule has 0 rings (SSSR count). The van der Waals surface area contributed by atoms with E-state index in [9.17, 15) is 0 Å². The van der Waals surface area contributed by atoms with Crippen LogP contribution >= 0.6 is 0 Å². The summed E-state index contributed by atoms with van der Waals surface area (Å²) in [7, 11) is 0. The van der Waals surface area contributed by atoms with Crippen LogP contribution in [0.3, 0.4) is 0 Å². The molecule has 0 aliphatic rings. The lowest BCUT2D eigenvalue weighted by Crippen LogP contribution is -2.54. The Bertz CT molecular complexity index is 115. The van der Waals surface area contributed by atoms with Gasteiger partial charge in [0.25, 0.3) is 0 Å². The Morgan fingerprint density at radius 3 is 1.50 bits per heavy atom. The maximum atomic E-state index is 5.95. The molecule has 1 atom stereocenters. The van der Waals surface area contributed by atoms with Crippen LogP contribution in [0, 0.1) is 0 Å². The van der Waals surface area contributed by atoms with E-state index in [1.165, 1.54) is 43.4 Å². The molecule has 2 heteroatoms. The molecule has 1 unspecified atom stereocenters. The van der Waals surface area contributed by atoms with E-state index < -0.39 is 0 Å². The Balaban J connectivity index is 4.37. The minimum atomic E-state index is 0.333. The molecule has 0 aromatic rings. The van der Waals surface area contributed by atoms with E-state index in [2.05, 4.69) is 27.7 Å². The first-order chi connectivity index (χ1) is 6.60. The molecule has 0 aliphatic heterocycles. The van der Waals surface area contributed by atoms with Gasteiger partial charge in [0.1, 0.15) is 0 Å². The van der Waals surface area contributed by atoms with Crippen molar-refractivity contribution in [3.63, 3.8) is 0 Å². The van der Waals surface area contributed by atoms with Crippen LogP contribution < -0.4 is 5.73 Å². The lowest BCUT2D eigenvalue weighted by Gasteiger charge is -2.39. The van der Waals surface area contributed by atoms with Crippen molar-refractivity contribution in [1.82, 2.24) is 0 Å². The average molecular weight is 201 g/mol. The van der Waals surface area contributed by atoms with E-state index in [4.69, 9.17) is 5.73 Å². The number of quaternary nitrogens is 1. The van der Waals surface area contributed by atoms with Gasteiger partial charge in [0.2, 0.25) is 0 Å². The molecule has 0 bridgehead atoms. The Labute approximate surface area is 90.1 Å². The Kier molecular flexibility index (Phi) is 7.20. The Morgan fingerprint density at radius 2 is 1.29 bits per heavy atom. The Hall–Kier alpha value is -0.0800. The third-order valence-electron chi connectivity index (χ3n) is 2.77. The van der Waals surface area contributed by atoms with E-state index in [1.54, 1.807) is 0 Å². The van der Waals surface area contributed by atoms with E-state index >= 15 is 0 Å². The van der Waals surface area contributed by atoms with Crippen molar-refractivity contribution in [3.05, 3.63) is 0 Å². The van der Waals surface area contributed by atoms with Crippen LogP contribution in [0.15, 0.2) is 0 Å². The molecule has 0 aromatic heterocycles. The second-order valence-electron chi connectivity index (χ2n) is 4.67. The summed E-state index contributed by atoms with van der Waals surface area (Å²) in [5.74, 6) is 0. The normalized spacial score (nSPS) is 14.4. The van der Waals surface area contributed by atoms with Gasteiger partial charge < -0.3 is 10.2 Å². The van der Waals surface area contributed by atoms with Crippen LogP contribution in [0.2, 0.25) is 0 Å². The first-order valence-corrected chi connectivity index (χ1v) is 6.21. The summed E-state index contributed by atoms with van der Waals surface area (Å²) < 4.78 is 1.24. The van der Waals surface area contributed by atoms with Crippen molar-refractivity contribution >= 4 is 0 Å². The summed E-state index contributed by atoms with van der Waals surface area (Å²) in [4.78, 5) is 0. The maximum Gasteiger partial charge on any atom is 0.0937 e. The van der Waals surface area contributed by atoms with Crippen LogP contribution in [0.1, 0.15) is 47.0 Å². The molecule has 0 aromatic carbocycles. The van der Waals surface area contributed by atoms with E-state index in [1.807, 2.05) is 0 Å². The van der Waals surface area contributed by atoms with E-state index in [0.717, 1.165) is 6.54 Å². The molecular formula is C12H29N2+. The maximum absolute atomic E-state index is 5.95. The van der Waals surface area contributed by atoms with Gasteiger partial charge in [0.15, 0.2) is 0 Å². The first-order valence-electron chi connectivity index (χ1n) is 6.21. The van der Waals surface area contributed by atoms with E-state index in [0.29, 0.717) is 6.04 Å². The van der Waals surface area contributed by atoms with Crippen molar-refractivity contribution in [2.75, 3.05) is 26.2 Å². The lowest BCUT2D eigenvalue weighted by atomic mass is 10.2. The zero-order chi connectivity index (χ0) is 11.0. The van der Waals surface area contributed by atoms with Gasteiger partial charge in [-0.05, 0) is 26.2 Å². The molecule has 0 saturated carbocycles. The fourth-order valence-electron chi connectivity index (χ4n) is 2.64. The number of hydrogen-bond acceptors (Lipinski definition) is 1. The van der Waals surface area contributed by atoms with Gasteiger partial charge in [-0.3, -0.25) is 0 Å². The van der Waals surface area contributed by atoms with Crippen molar-refractivity contribution in [3.8, 4) is 0 Å². The Morgan fingerprint density at radius 1 is 0.929 bits per heavy atom. The minimum Gasteiger partial charge on any atom is -0.323 e. The highest BCUT2D eigenvalue weighted by molar-refractivity contribution is 4.54. The molecule has 0 radical (unpaired) electrons. The monoisotopic (exact) mass is 201 g/mol. The molecule has 0 spiro atoms. The van der Waals surface area contributed by atoms with Crippen LogP contribution in [0.5, 0.6) is 0 Å². The minimum absolute atomic E-state index is 0.333. The van der Waals surface area contributed by atoms with Gasteiger partial charge in [-0.25, -0.2) is 0 Å². The average Bonchev–Trinajstić information content (AvgIpc) is 2.03. The van der Waals surface area contributed by atoms with E-state index in [-0.39, 0.29) is 0 Å². The fraction of sp³-hybridized carbons (Fsp3) is 1.00. The van der Waals surface area contributed by atoms with Crippen molar-refractivity contribution in [1.29, 1.82) is 0 Å². The first kappa shape index (κ1) is 13.9. The third-order valence-corrected chi connectivity index (χ3v) is 2.77. The smallest absolute Gasteiger partial charge is 0.0937 e. The van der Waals surface area contributed by atoms with Crippen LogP contribution in [-0.4, -0.2) is 36.7 Å². The van der Waals surface area contributed by atoms with Gasteiger partial charge in [-0.15, -0.1) is 0 Å². The second-order valence-corrected chi connectivity index (χ2v) is 4.67. The standard InChI is InChI=1S/C12H29N2/c1-5-8-14(9-6-2,10-7-3)11-12(4)13/h12H,5-11,13H2,1-4H3/q+1. The predicted molar refractivity (Wildman–Crippen MR) is 64.3 cm³/mol. The summed E-state index contributed by atoms with van der Waals surface area (Å²) in [6.07, 6.45) is 3.81. The van der Waals surface area contributed by atoms with Crippen molar-refractivity contribution in [2.45, 2.75) is 53.0 Å². The largest absolute Gasteiger partial charge is 0.323 e. The molecule has 2 N–H and O–H groups in total. The SMILES string of the molecule is CCC[N+](CCC)(CCC)CC(C)N. The highest BCUT2D eigenvalue weighted by atomic mass is 15.4. The summed E-state index contributed by atoms with van der Waals surface area (Å²) in [6.45, 7) is 14.0. The number of hydrogen-bond donors (Lipinski definition) is 1. The third kappa shape index (κ3) is 4.97. The fourth-order valence-corrected chi connectivity index (χ4v) is 2.64. The molecule has 2 nitrogen and oxygen atoms in total. The predicted octanol–water partition coefficient (Wildman–Crippen LogP) is 2.38. The summed E-state index contributed by atoms with van der Waals surface area (Å²) in [6, 6.07) is 0.333. The van der Waals surface area contributed by atoms with Gasteiger partial charge in [0.05, 0.1) is 32.2 Å². The second kappa shape index (κ2) is 7.24. The summed E-state index contributed by atoms with van der Waals surface area (Å²) in [5, 5.41) is 0. The van der Waals surface area contributed by atoms with Gasteiger partial charge >= 0.3 is 0 Å². The molecule has 0 amide bonds. The number of nitrogens with two attached hydrogens (primary N) is 1. The van der Waals surface area contributed by atoms with Crippen LogP contribution in [0.25, 0.3) is 0 Å². The summed E-state index contributed by atoms with van der Waals surface area (Å²) in [5.41, 5.74) is 5.95. The van der Waals surface area contributed by atoms with Gasteiger partial charge in [0, 0.05) is 0 Å². The molecule has 0 heterocycles. The van der Waals surface area contributed by atoms with Crippen molar-refractivity contribution in [2.24, 2.45) is 5.73 Å². The number of nitrogens with zero attached hydrogens (tertiary/aromatic N) is 1. The highest BCUT2D eigenvalue weighted by Gasteiger charge is 2.25. The molecule has 0 aliphatic carbocycles. The summed E-state index contributed by atoms with van der Waals surface area (Å²) >= 11 is 0. The molecular weight excluding hydrogens is 172 g/mol. The highest BCUT2D eigenvalue weighted by Crippen LogP contribution is 2.12. The molecule has 0 saturated heterocycles. The topological polar surface area (TPSA) is 26.0 Å². The van der Waals surface area contributed by atoms with Gasteiger partial charge in [-0.2, -0.15) is 0 Å². The lowest BCUT2D eigenvalue weighted by molar-refractivity contribution is -0.929. The van der Waals surface area contributed by atoms with Gasteiger partial charge in [-0.1, -0.05) is 20.8 Å². The molecule has 86 valence electrons. The number of rotatable bonds is 8. The van der Waals surface area contributed by atoms with Crippen molar-refractivity contribution < 1.29 is 4.48 Å². The zero-order valence-electron chi connectivity index (χ0n) is 10.6. The van der Waals surface area contributed by atoms with Crippen LogP contribution in [0.4, 0.5) is 0 Å². The molecule has 0 fully saturated rings. The quantitative estimate of drug-likeness (QED) is 0.600.